The SMILES string of the molecule is CC(C)(C)c1cc(P(c2cc(C(C)(C)C)c(Cl)c(C(C)(C)C)c2)c2ccccc2-c2ccccc2P(c2cc(C(C)(C)C)c(Cl)c(C(C)(C)C)c2)c2cc(C(C)(C)C)c(Cl)c(C(C)(C)C)c2)cc(C(C)(C)C)c1Cl. The van der Waals surface area contributed by atoms with Gasteiger partial charge in [0.05, 0.1) is 0 Å². The van der Waals surface area contributed by atoms with Crippen molar-refractivity contribution in [2.75, 3.05) is 0 Å². The van der Waals surface area contributed by atoms with Crippen LogP contribution in [0.4, 0.5) is 0 Å². The zero-order valence-electron chi connectivity index (χ0n) is 49.6. The zero-order valence-corrected chi connectivity index (χ0v) is 54.5. The lowest BCUT2D eigenvalue weighted by atomic mass is 9.80. The van der Waals surface area contributed by atoms with E-state index in [4.69, 9.17) is 46.4 Å². The van der Waals surface area contributed by atoms with Gasteiger partial charge >= 0.3 is 0 Å². The molecule has 0 bridgehead atoms. The van der Waals surface area contributed by atoms with E-state index in [0.29, 0.717) is 0 Å². The lowest BCUT2D eigenvalue weighted by Crippen LogP contribution is -2.31. The summed E-state index contributed by atoms with van der Waals surface area (Å²) in [6, 6.07) is 38.0. The molecule has 398 valence electrons. The average molecular weight is 1110 g/mol. The van der Waals surface area contributed by atoms with Gasteiger partial charge in [-0.05, 0) is 195 Å². The quantitative estimate of drug-likeness (QED) is 0.140. The summed E-state index contributed by atoms with van der Waals surface area (Å²) in [6.45, 7) is 54.9. The molecule has 0 nitrogen and oxygen atoms in total. The molecule has 0 unspecified atom stereocenters. The van der Waals surface area contributed by atoms with Gasteiger partial charge in [-0.3, -0.25) is 0 Å². The monoisotopic (exact) mass is 1110 g/mol. The molecule has 6 aromatic carbocycles. The third-order valence-electron chi connectivity index (χ3n) is 14.3. The van der Waals surface area contributed by atoms with Crippen molar-refractivity contribution < 1.29 is 0 Å². The fourth-order valence-corrected chi connectivity index (χ4v) is 17.8. The maximum atomic E-state index is 7.59. The topological polar surface area (TPSA) is 0 Å². The van der Waals surface area contributed by atoms with E-state index in [-0.39, 0.29) is 43.3 Å². The van der Waals surface area contributed by atoms with Crippen molar-refractivity contribution in [2.45, 2.75) is 209 Å². The molecule has 6 rings (SSSR count). The van der Waals surface area contributed by atoms with Gasteiger partial charge in [0.1, 0.15) is 0 Å². The lowest BCUT2D eigenvalue weighted by Gasteiger charge is -2.34. The lowest BCUT2D eigenvalue weighted by molar-refractivity contribution is 0.569. The van der Waals surface area contributed by atoms with Gasteiger partial charge in [0.2, 0.25) is 0 Å². The summed E-state index contributed by atoms with van der Waals surface area (Å²) in [4.78, 5) is 0. The maximum Gasteiger partial charge on any atom is 0.0481 e. The molecule has 0 aliphatic rings. The molecular weight excluding hydrogens is 1020 g/mol. The first kappa shape index (κ1) is 60.6. The normalized spacial score (nSPS) is 13.6. The number of hydrogen-bond donors (Lipinski definition) is 0. The summed E-state index contributed by atoms with van der Waals surface area (Å²) >= 11 is 30.4. The van der Waals surface area contributed by atoms with Crippen LogP contribution in [-0.4, -0.2) is 0 Å². The molecule has 0 N–H and O–H groups in total. The van der Waals surface area contributed by atoms with Gasteiger partial charge in [-0.15, -0.1) is 0 Å². The summed E-state index contributed by atoms with van der Waals surface area (Å²) in [6.07, 6.45) is 0. The Morgan fingerprint density at radius 3 is 0.541 bits per heavy atom. The van der Waals surface area contributed by atoms with Crippen LogP contribution in [0.2, 0.25) is 20.1 Å². The predicted octanol–water partition coefficient (Wildman–Crippen LogP) is 19.9. The molecule has 0 aliphatic heterocycles. The smallest absolute Gasteiger partial charge is 0.0481 e. The molecule has 6 heteroatoms. The minimum Gasteiger partial charge on any atom is -0.0837 e. The number of halogens is 4. The van der Waals surface area contributed by atoms with Gasteiger partial charge in [0.25, 0.3) is 0 Å². The second-order valence-electron chi connectivity index (χ2n) is 29.1. The Labute approximate surface area is 473 Å². The molecule has 0 saturated heterocycles. The molecule has 0 saturated carbocycles. The van der Waals surface area contributed by atoms with Gasteiger partial charge in [-0.2, -0.15) is 0 Å². The summed E-state index contributed by atoms with van der Waals surface area (Å²) < 4.78 is 0. The predicted molar refractivity (Wildman–Crippen MR) is 339 cm³/mol. The third-order valence-corrected chi connectivity index (χ3v) is 20.8. The van der Waals surface area contributed by atoms with Gasteiger partial charge in [0.15, 0.2) is 0 Å². The molecule has 0 amide bonds. The Morgan fingerprint density at radius 1 is 0.243 bits per heavy atom. The Hall–Kier alpha value is -2.66. The van der Waals surface area contributed by atoms with Gasteiger partial charge < -0.3 is 0 Å². The first-order valence-electron chi connectivity index (χ1n) is 26.6. The molecule has 0 fully saturated rings. The maximum absolute atomic E-state index is 7.59. The number of hydrogen-bond acceptors (Lipinski definition) is 0. The molecule has 6 aromatic rings. The van der Waals surface area contributed by atoms with Gasteiger partial charge in [-0.25, -0.2) is 0 Å². The number of rotatable bonds is 7. The Kier molecular flexibility index (Phi) is 17.1. The van der Waals surface area contributed by atoms with Crippen LogP contribution in [0, 0.1) is 0 Å². The van der Waals surface area contributed by atoms with Crippen LogP contribution in [0.1, 0.15) is 211 Å². The highest BCUT2D eigenvalue weighted by molar-refractivity contribution is 7.80. The minimum atomic E-state index is -1.24. The molecule has 0 radical (unpaired) electrons. The van der Waals surface area contributed by atoms with Gasteiger partial charge in [0, 0.05) is 20.1 Å². The van der Waals surface area contributed by atoms with E-state index in [9.17, 15) is 0 Å². The van der Waals surface area contributed by atoms with E-state index in [2.05, 4.69) is 263 Å². The molecule has 0 atom stereocenters. The molecule has 0 aliphatic carbocycles. The zero-order chi connectivity index (χ0) is 56.0. The minimum absolute atomic E-state index is 0.212. The summed E-state index contributed by atoms with van der Waals surface area (Å²) in [7, 11) is -2.49. The van der Waals surface area contributed by atoms with Crippen molar-refractivity contribution in [3.8, 4) is 11.1 Å². The molecule has 74 heavy (non-hydrogen) atoms. The molecule has 0 heterocycles. The van der Waals surface area contributed by atoms with Crippen LogP contribution < -0.4 is 31.8 Å². The van der Waals surface area contributed by atoms with Crippen LogP contribution in [0.5, 0.6) is 0 Å². The third kappa shape index (κ3) is 12.8. The largest absolute Gasteiger partial charge is 0.0837 e. The van der Waals surface area contributed by atoms with Crippen LogP contribution in [0.15, 0.2) is 97.1 Å². The first-order valence-corrected chi connectivity index (χ1v) is 30.8. The van der Waals surface area contributed by atoms with Crippen molar-refractivity contribution in [3.63, 3.8) is 0 Å². The molecular formula is C68H88Cl4P2. The highest BCUT2D eigenvalue weighted by atomic mass is 35.5. The van der Waals surface area contributed by atoms with Crippen molar-refractivity contribution in [1.29, 1.82) is 0 Å². The van der Waals surface area contributed by atoms with Crippen molar-refractivity contribution in [1.82, 2.24) is 0 Å². The van der Waals surface area contributed by atoms with E-state index in [1.807, 2.05) is 0 Å². The number of benzene rings is 6. The average Bonchev–Trinajstić information content (AvgIpc) is 3.22. The highest BCUT2D eigenvalue weighted by Gasteiger charge is 2.36. The van der Waals surface area contributed by atoms with Crippen LogP contribution in [-0.2, 0) is 43.3 Å². The van der Waals surface area contributed by atoms with Crippen LogP contribution in [0.3, 0.4) is 0 Å². The van der Waals surface area contributed by atoms with Crippen molar-refractivity contribution in [3.05, 3.63) is 162 Å². The Morgan fingerprint density at radius 2 is 0.392 bits per heavy atom. The summed E-state index contributed by atoms with van der Waals surface area (Å²) in [5.41, 5.74) is 10.0. The highest BCUT2D eigenvalue weighted by Crippen LogP contribution is 2.49. The van der Waals surface area contributed by atoms with Crippen molar-refractivity contribution in [2.24, 2.45) is 0 Å². The second kappa shape index (κ2) is 20.9. The first-order chi connectivity index (χ1) is 33.5. The fraction of sp³-hybridized carbons (Fsp3) is 0.471. The standard InChI is InChI=1S/C68H88Cl4P2/c1-61(2,3)47-33-41(34-48(57(47)69)62(4,5)6)73(42-35-49(63(7,8)9)58(70)50(36-42)64(10,11)12)55-31-27-25-29-45(55)46-30-26-28-32-56(46)74(43-37-51(65(13,14)15)59(71)52(38-43)66(16,17)18)44-39-53(67(19,20)21)60(72)54(40-44)68(22,23)24/h25-40H,1-24H3. The molecule has 0 spiro atoms. The van der Waals surface area contributed by atoms with Crippen LogP contribution >= 0.6 is 62.2 Å². The van der Waals surface area contributed by atoms with E-state index >= 15 is 0 Å². The van der Waals surface area contributed by atoms with E-state index in [0.717, 1.165) is 64.6 Å². The van der Waals surface area contributed by atoms with E-state index < -0.39 is 15.8 Å². The van der Waals surface area contributed by atoms with E-state index in [1.165, 1.54) is 43.0 Å². The van der Waals surface area contributed by atoms with Gasteiger partial charge in [-0.1, -0.05) is 261 Å². The summed E-state index contributed by atoms with van der Waals surface area (Å²) in [5, 5.41) is 11.1. The Bertz CT molecular complexity index is 2550. The Balaban J connectivity index is 1.87. The summed E-state index contributed by atoms with van der Waals surface area (Å²) in [5.74, 6) is 0. The second-order valence-corrected chi connectivity index (χ2v) is 35.0. The fourth-order valence-electron chi connectivity index (χ4n) is 9.97. The van der Waals surface area contributed by atoms with E-state index in [1.54, 1.807) is 0 Å². The van der Waals surface area contributed by atoms with Crippen LogP contribution in [0.25, 0.3) is 11.1 Å². The van der Waals surface area contributed by atoms with Crippen molar-refractivity contribution >= 4 is 94.1 Å². The molecule has 0 aromatic heterocycles.